The van der Waals surface area contributed by atoms with Crippen molar-refractivity contribution in [3.05, 3.63) is 59.2 Å². The number of amides is 2. The summed E-state index contributed by atoms with van der Waals surface area (Å²) in [4.78, 5) is 24.5. The van der Waals surface area contributed by atoms with Crippen LogP contribution in [0.1, 0.15) is 16.7 Å². The summed E-state index contributed by atoms with van der Waals surface area (Å²) in [5, 5.41) is 5.58. The lowest BCUT2D eigenvalue weighted by Crippen LogP contribution is -2.41. The zero-order valence-corrected chi connectivity index (χ0v) is 14.5. The van der Waals surface area contributed by atoms with Crippen molar-refractivity contribution >= 4 is 17.5 Å². The molecule has 0 saturated carbocycles. The predicted octanol–water partition coefficient (Wildman–Crippen LogP) is 2.61. The molecule has 1 atom stereocenters. The second-order valence-corrected chi connectivity index (χ2v) is 6.35. The monoisotopic (exact) mass is 338 g/mol. The van der Waals surface area contributed by atoms with Gasteiger partial charge in [0.15, 0.2) is 0 Å². The van der Waals surface area contributed by atoms with Crippen molar-refractivity contribution in [1.29, 1.82) is 0 Å². The SMILES string of the molecule is Cc1cccc(C)c1NC(=O)CNC(=O)C1COc2ccccc2C1. The van der Waals surface area contributed by atoms with Crippen LogP contribution in [0.2, 0.25) is 0 Å². The van der Waals surface area contributed by atoms with Gasteiger partial charge in [-0.3, -0.25) is 9.59 Å². The molecule has 2 N–H and O–H groups in total. The Balaban J connectivity index is 1.53. The van der Waals surface area contributed by atoms with Gasteiger partial charge in [0.1, 0.15) is 12.4 Å². The molecule has 0 saturated heterocycles. The summed E-state index contributed by atoms with van der Waals surface area (Å²) in [6.07, 6.45) is 0.626. The van der Waals surface area contributed by atoms with Gasteiger partial charge in [0.25, 0.3) is 0 Å². The molecule has 2 amide bonds. The third-order valence-corrected chi connectivity index (χ3v) is 4.42. The Hall–Kier alpha value is -2.82. The van der Waals surface area contributed by atoms with E-state index >= 15 is 0 Å². The number of nitrogens with one attached hydrogen (secondary N) is 2. The lowest BCUT2D eigenvalue weighted by molar-refractivity contribution is -0.128. The van der Waals surface area contributed by atoms with E-state index in [2.05, 4.69) is 10.6 Å². The van der Waals surface area contributed by atoms with Gasteiger partial charge in [0, 0.05) is 5.69 Å². The first-order valence-corrected chi connectivity index (χ1v) is 8.39. The number of hydrogen-bond donors (Lipinski definition) is 2. The van der Waals surface area contributed by atoms with Gasteiger partial charge >= 0.3 is 0 Å². The van der Waals surface area contributed by atoms with Crippen LogP contribution in [0.25, 0.3) is 0 Å². The fourth-order valence-corrected chi connectivity index (χ4v) is 3.00. The third-order valence-electron chi connectivity index (χ3n) is 4.42. The highest BCUT2D eigenvalue weighted by Gasteiger charge is 2.25. The van der Waals surface area contributed by atoms with E-state index in [4.69, 9.17) is 4.74 Å². The molecule has 0 aromatic heterocycles. The van der Waals surface area contributed by atoms with E-state index in [-0.39, 0.29) is 24.3 Å². The molecule has 1 aliphatic heterocycles. The summed E-state index contributed by atoms with van der Waals surface area (Å²) < 4.78 is 5.63. The van der Waals surface area contributed by atoms with Crippen LogP contribution in [0.4, 0.5) is 5.69 Å². The maximum Gasteiger partial charge on any atom is 0.243 e. The molecular formula is C20H22N2O3. The minimum atomic E-state index is -0.275. The zero-order valence-electron chi connectivity index (χ0n) is 14.5. The molecule has 5 nitrogen and oxygen atoms in total. The van der Waals surface area contributed by atoms with Crippen molar-refractivity contribution in [2.24, 2.45) is 5.92 Å². The van der Waals surface area contributed by atoms with Gasteiger partial charge in [0.2, 0.25) is 11.8 Å². The maximum absolute atomic E-state index is 12.3. The number of aryl methyl sites for hydroxylation is 2. The molecule has 0 fully saturated rings. The van der Waals surface area contributed by atoms with Crippen molar-refractivity contribution in [1.82, 2.24) is 5.32 Å². The molecule has 0 radical (unpaired) electrons. The Morgan fingerprint density at radius 2 is 1.80 bits per heavy atom. The molecule has 25 heavy (non-hydrogen) atoms. The van der Waals surface area contributed by atoms with E-state index in [9.17, 15) is 9.59 Å². The summed E-state index contributed by atoms with van der Waals surface area (Å²) >= 11 is 0. The van der Waals surface area contributed by atoms with Crippen molar-refractivity contribution in [2.45, 2.75) is 20.3 Å². The van der Waals surface area contributed by atoms with E-state index < -0.39 is 0 Å². The molecule has 130 valence electrons. The third kappa shape index (κ3) is 3.99. The Bertz CT molecular complexity index is 781. The molecule has 0 spiro atoms. The number of carbonyl (C=O) groups excluding carboxylic acids is 2. The standard InChI is InChI=1S/C20H22N2O3/c1-13-6-5-7-14(2)19(13)22-18(23)11-21-20(24)16-10-15-8-3-4-9-17(15)25-12-16/h3-9,16H,10-12H2,1-2H3,(H,21,24)(H,22,23). The Morgan fingerprint density at radius 1 is 1.08 bits per heavy atom. The number of anilines is 1. The van der Waals surface area contributed by atoms with Crippen LogP contribution in [0, 0.1) is 19.8 Å². The van der Waals surface area contributed by atoms with Gasteiger partial charge in [-0.25, -0.2) is 0 Å². The number of hydrogen-bond acceptors (Lipinski definition) is 3. The summed E-state index contributed by atoms with van der Waals surface area (Å²) in [5.41, 5.74) is 3.82. The highest BCUT2D eigenvalue weighted by atomic mass is 16.5. The normalized spacial score (nSPS) is 15.7. The van der Waals surface area contributed by atoms with Crippen LogP contribution in [0.5, 0.6) is 5.75 Å². The van der Waals surface area contributed by atoms with Gasteiger partial charge in [-0.05, 0) is 43.0 Å². The van der Waals surface area contributed by atoms with E-state index in [0.29, 0.717) is 13.0 Å². The second-order valence-electron chi connectivity index (χ2n) is 6.35. The minimum absolute atomic E-state index is 0.0508. The van der Waals surface area contributed by atoms with Crippen LogP contribution in [-0.4, -0.2) is 25.0 Å². The van der Waals surface area contributed by atoms with Gasteiger partial charge in [-0.1, -0.05) is 36.4 Å². The van der Waals surface area contributed by atoms with E-state index in [1.165, 1.54) is 0 Å². The second kappa shape index (κ2) is 7.38. The van der Waals surface area contributed by atoms with Gasteiger partial charge in [-0.2, -0.15) is 0 Å². The Labute approximate surface area is 147 Å². The molecule has 3 rings (SSSR count). The zero-order chi connectivity index (χ0) is 17.8. The molecule has 2 aromatic carbocycles. The average molecular weight is 338 g/mol. The van der Waals surface area contributed by atoms with Gasteiger partial charge < -0.3 is 15.4 Å². The summed E-state index contributed by atoms with van der Waals surface area (Å²) in [5.74, 6) is 0.163. The Morgan fingerprint density at radius 3 is 2.56 bits per heavy atom. The van der Waals surface area contributed by atoms with Crippen molar-refractivity contribution in [2.75, 3.05) is 18.5 Å². The number of carbonyl (C=O) groups is 2. The smallest absolute Gasteiger partial charge is 0.243 e. The number of fused-ring (bicyclic) bond motifs is 1. The van der Waals surface area contributed by atoms with Crippen LogP contribution in [0.15, 0.2) is 42.5 Å². The van der Waals surface area contributed by atoms with Crippen molar-refractivity contribution in [3.8, 4) is 5.75 Å². The Kier molecular flexibility index (Phi) is 5.03. The van der Waals surface area contributed by atoms with Crippen LogP contribution in [-0.2, 0) is 16.0 Å². The molecular weight excluding hydrogens is 316 g/mol. The fraction of sp³-hybridized carbons (Fsp3) is 0.300. The first kappa shape index (κ1) is 17.0. The fourth-order valence-electron chi connectivity index (χ4n) is 3.00. The van der Waals surface area contributed by atoms with Crippen LogP contribution >= 0.6 is 0 Å². The molecule has 2 aromatic rings. The maximum atomic E-state index is 12.3. The molecule has 0 bridgehead atoms. The van der Waals surface area contributed by atoms with Crippen LogP contribution in [0.3, 0.4) is 0 Å². The molecule has 1 heterocycles. The molecule has 0 aliphatic carbocycles. The van der Waals surface area contributed by atoms with E-state index in [0.717, 1.165) is 28.1 Å². The topological polar surface area (TPSA) is 67.4 Å². The summed E-state index contributed by atoms with van der Waals surface area (Å²) in [6, 6.07) is 13.5. The molecule has 1 unspecified atom stereocenters. The summed E-state index contributed by atoms with van der Waals surface area (Å²) in [6.45, 7) is 4.17. The largest absolute Gasteiger partial charge is 0.492 e. The first-order chi connectivity index (χ1) is 12.0. The predicted molar refractivity (Wildman–Crippen MR) is 96.7 cm³/mol. The summed E-state index contributed by atoms with van der Waals surface area (Å²) in [7, 11) is 0. The number of rotatable bonds is 4. The number of para-hydroxylation sites is 2. The van der Waals surface area contributed by atoms with Crippen molar-refractivity contribution in [3.63, 3.8) is 0 Å². The first-order valence-electron chi connectivity index (χ1n) is 8.39. The molecule has 1 aliphatic rings. The van der Waals surface area contributed by atoms with E-state index in [1.54, 1.807) is 0 Å². The quantitative estimate of drug-likeness (QED) is 0.900. The number of benzene rings is 2. The highest BCUT2D eigenvalue weighted by Crippen LogP contribution is 2.26. The highest BCUT2D eigenvalue weighted by molar-refractivity contribution is 5.96. The van der Waals surface area contributed by atoms with Crippen molar-refractivity contribution < 1.29 is 14.3 Å². The lowest BCUT2D eigenvalue weighted by Gasteiger charge is -2.24. The number of ether oxygens (including phenoxy) is 1. The average Bonchev–Trinajstić information content (AvgIpc) is 2.62. The lowest BCUT2D eigenvalue weighted by atomic mass is 9.96. The van der Waals surface area contributed by atoms with E-state index in [1.807, 2.05) is 56.3 Å². The minimum Gasteiger partial charge on any atom is -0.492 e. The van der Waals surface area contributed by atoms with Gasteiger partial charge in [0.05, 0.1) is 12.5 Å². The van der Waals surface area contributed by atoms with Crippen LogP contribution < -0.4 is 15.4 Å². The molecule has 5 heteroatoms. The van der Waals surface area contributed by atoms with Gasteiger partial charge in [-0.15, -0.1) is 0 Å².